The Labute approximate surface area is 126 Å². The van der Waals surface area contributed by atoms with Gasteiger partial charge < -0.3 is 15.4 Å². The van der Waals surface area contributed by atoms with Gasteiger partial charge in [0, 0.05) is 5.92 Å². The molecule has 4 heteroatoms. The van der Waals surface area contributed by atoms with E-state index in [9.17, 15) is 4.79 Å². The fourth-order valence-electron chi connectivity index (χ4n) is 3.23. The van der Waals surface area contributed by atoms with Crippen LogP contribution in [0.2, 0.25) is 0 Å². The molecule has 1 aromatic carbocycles. The van der Waals surface area contributed by atoms with Crippen LogP contribution in [0, 0.1) is 24.7 Å². The summed E-state index contributed by atoms with van der Waals surface area (Å²) in [6.45, 7) is 8.52. The van der Waals surface area contributed by atoms with E-state index < -0.39 is 0 Å². The molecule has 114 valence electrons. The molecule has 2 fully saturated rings. The van der Waals surface area contributed by atoms with Crippen molar-refractivity contribution in [3.63, 3.8) is 0 Å². The van der Waals surface area contributed by atoms with Gasteiger partial charge in [0.1, 0.15) is 12.4 Å². The number of fused-ring (bicyclic) bond motifs is 1. The summed E-state index contributed by atoms with van der Waals surface area (Å²) in [6.07, 6.45) is 0. The van der Waals surface area contributed by atoms with Crippen LogP contribution in [-0.4, -0.2) is 31.1 Å². The first-order chi connectivity index (χ1) is 9.96. The molecular formula is C17H24N2O2. The molecule has 1 amide bonds. The van der Waals surface area contributed by atoms with Gasteiger partial charge in [-0.05, 0) is 63.4 Å². The molecule has 0 aromatic heterocycles. The summed E-state index contributed by atoms with van der Waals surface area (Å²) in [7, 11) is 0. The van der Waals surface area contributed by atoms with Gasteiger partial charge in [-0.3, -0.25) is 4.79 Å². The molecule has 1 saturated heterocycles. The van der Waals surface area contributed by atoms with Crippen LogP contribution in [0.15, 0.2) is 24.3 Å². The molecule has 1 aromatic rings. The Bertz CT molecular complexity index is 531. The summed E-state index contributed by atoms with van der Waals surface area (Å²) >= 11 is 0. The van der Waals surface area contributed by atoms with E-state index in [-0.39, 0.29) is 17.4 Å². The largest absolute Gasteiger partial charge is 0.491 e. The number of ether oxygens (including phenoxy) is 1. The smallest absolute Gasteiger partial charge is 0.224 e. The fraction of sp³-hybridized carbons (Fsp3) is 0.588. The van der Waals surface area contributed by atoms with Gasteiger partial charge in [0.2, 0.25) is 5.91 Å². The number of rotatable bonds is 5. The summed E-state index contributed by atoms with van der Waals surface area (Å²) in [5.41, 5.74) is 0.818. The molecule has 0 spiro atoms. The Kier molecular flexibility index (Phi) is 3.66. The number of hydrogen-bond acceptors (Lipinski definition) is 3. The molecule has 21 heavy (non-hydrogen) atoms. The number of aryl methyl sites for hydroxylation is 1. The van der Waals surface area contributed by atoms with Crippen LogP contribution < -0.4 is 15.4 Å². The van der Waals surface area contributed by atoms with Crippen LogP contribution in [0.4, 0.5) is 0 Å². The van der Waals surface area contributed by atoms with Crippen molar-refractivity contribution in [2.24, 2.45) is 17.8 Å². The SMILES string of the molecule is Cc1cccc(OCC(C)(C)NC(=O)C2[C@H]3CNC[C@@H]23)c1. The molecule has 2 aliphatic rings. The third-order valence-corrected chi connectivity index (χ3v) is 4.45. The van der Waals surface area contributed by atoms with E-state index in [0.717, 1.165) is 18.8 Å². The molecule has 0 radical (unpaired) electrons. The standard InChI is InChI=1S/C17H24N2O2/c1-11-5-4-6-12(7-11)21-10-17(2,3)19-16(20)15-13-8-18-9-14(13)15/h4-7,13-15,18H,8-10H2,1-3H3,(H,19,20)/t13-,14+,15?. The van der Waals surface area contributed by atoms with Gasteiger partial charge in [-0.2, -0.15) is 0 Å². The lowest BCUT2D eigenvalue weighted by atomic mass is 10.1. The lowest BCUT2D eigenvalue weighted by Crippen LogP contribution is -2.49. The fourth-order valence-corrected chi connectivity index (χ4v) is 3.23. The lowest BCUT2D eigenvalue weighted by molar-refractivity contribution is -0.125. The monoisotopic (exact) mass is 288 g/mol. The number of piperidine rings is 1. The van der Waals surface area contributed by atoms with Crippen LogP contribution in [0.5, 0.6) is 5.75 Å². The van der Waals surface area contributed by atoms with Gasteiger partial charge >= 0.3 is 0 Å². The number of amides is 1. The second-order valence-corrected chi connectivity index (χ2v) is 6.99. The van der Waals surface area contributed by atoms with Crippen molar-refractivity contribution in [1.82, 2.24) is 10.6 Å². The summed E-state index contributed by atoms with van der Waals surface area (Å²) in [5, 5.41) is 6.46. The molecule has 1 heterocycles. The Balaban J connectivity index is 1.51. The van der Waals surface area contributed by atoms with Crippen LogP contribution in [0.1, 0.15) is 19.4 Å². The van der Waals surface area contributed by atoms with Gasteiger partial charge in [-0.1, -0.05) is 12.1 Å². The van der Waals surface area contributed by atoms with E-state index in [1.807, 2.05) is 45.0 Å². The van der Waals surface area contributed by atoms with E-state index in [1.165, 1.54) is 5.56 Å². The summed E-state index contributed by atoms with van der Waals surface area (Å²) in [6, 6.07) is 7.98. The molecule has 1 aliphatic carbocycles. The molecular weight excluding hydrogens is 264 g/mol. The molecule has 2 N–H and O–H groups in total. The number of benzene rings is 1. The highest BCUT2D eigenvalue weighted by Crippen LogP contribution is 2.48. The highest BCUT2D eigenvalue weighted by molar-refractivity contribution is 5.83. The first-order valence-corrected chi connectivity index (χ1v) is 7.68. The first kappa shape index (κ1) is 14.4. The maximum atomic E-state index is 12.3. The van der Waals surface area contributed by atoms with Crippen molar-refractivity contribution < 1.29 is 9.53 Å². The minimum absolute atomic E-state index is 0.185. The Morgan fingerprint density at radius 3 is 2.76 bits per heavy atom. The van der Waals surface area contributed by atoms with Gasteiger partial charge in [0.05, 0.1) is 5.54 Å². The average Bonchev–Trinajstić information content (AvgIpc) is 2.91. The molecule has 4 nitrogen and oxygen atoms in total. The van der Waals surface area contributed by atoms with Gasteiger partial charge in [0.15, 0.2) is 0 Å². The second-order valence-electron chi connectivity index (χ2n) is 6.99. The Hall–Kier alpha value is -1.55. The number of carbonyl (C=O) groups is 1. The minimum Gasteiger partial charge on any atom is -0.491 e. The van der Waals surface area contributed by atoms with Crippen molar-refractivity contribution in [1.29, 1.82) is 0 Å². The van der Waals surface area contributed by atoms with Crippen LogP contribution >= 0.6 is 0 Å². The molecule has 1 saturated carbocycles. The molecule has 0 bridgehead atoms. The van der Waals surface area contributed by atoms with E-state index in [1.54, 1.807) is 0 Å². The first-order valence-electron chi connectivity index (χ1n) is 7.68. The zero-order valence-corrected chi connectivity index (χ0v) is 13.0. The molecule has 1 aliphatic heterocycles. The maximum Gasteiger partial charge on any atom is 0.224 e. The van der Waals surface area contributed by atoms with Crippen molar-refractivity contribution in [2.75, 3.05) is 19.7 Å². The zero-order valence-electron chi connectivity index (χ0n) is 13.0. The molecule has 3 atom stereocenters. The predicted molar refractivity (Wildman–Crippen MR) is 82.2 cm³/mol. The number of nitrogens with one attached hydrogen (secondary N) is 2. The second kappa shape index (κ2) is 5.34. The third kappa shape index (κ3) is 3.21. The van der Waals surface area contributed by atoms with Crippen molar-refractivity contribution in [3.05, 3.63) is 29.8 Å². The minimum atomic E-state index is -0.356. The average molecular weight is 288 g/mol. The van der Waals surface area contributed by atoms with E-state index in [4.69, 9.17) is 4.74 Å². The summed E-state index contributed by atoms with van der Waals surface area (Å²) in [4.78, 5) is 12.3. The van der Waals surface area contributed by atoms with Crippen LogP contribution in [-0.2, 0) is 4.79 Å². The summed E-state index contributed by atoms with van der Waals surface area (Å²) in [5.74, 6) is 2.36. The van der Waals surface area contributed by atoms with Crippen LogP contribution in [0.3, 0.4) is 0 Å². The summed E-state index contributed by atoms with van der Waals surface area (Å²) < 4.78 is 5.82. The van der Waals surface area contributed by atoms with Gasteiger partial charge in [-0.25, -0.2) is 0 Å². The number of carbonyl (C=O) groups excluding carboxylic acids is 1. The van der Waals surface area contributed by atoms with E-state index in [0.29, 0.717) is 18.4 Å². The molecule has 3 rings (SSSR count). The quantitative estimate of drug-likeness (QED) is 0.867. The number of hydrogen-bond donors (Lipinski definition) is 2. The molecule has 1 unspecified atom stereocenters. The topological polar surface area (TPSA) is 50.4 Å². The predicted octanol–water partition coefficient (Wildman–Crippen LogP) is 1.73. The van der Waals surface area contributed by atoms with Crippen LogP contribution in [0.25, 0.3) is 0 Å². The Morgan fingerprint density at radius 2 is 2.10 bits per heavy atom. The normalized spacial score (nSPS) is 27.1. The van der Waals surface area contributed by atoms with Crippen molar-refractivity contribution in [2.45, 2.75) is 26.3 Å². The van der Waals surface area contributed by atoms with Gasteiger partial charge in [-0.15, -0.1) is 0 Å². The maximum absolute atomic E-state index is 12.3. The van der Waals surface area contributed by atoms with Gasteiger partial charge in [0.25, 0.3) is 0 Å². The highest BCUT2D eigenvalue weighted by Gasteiger charge is 2.57. The highest BCUT2D eigenvalue weighted by atomic mass is 16.5. The lowest BCUT2D eigenvalue weighted by Gasteiger charge is -2.27. The van der Waals surface area contributed by atoms with E-state index in [2.05, 4.69) is 10.6 Å². The zero-order chi connectivity index (χ0) is 15.0. The van der Waals surface area contributed by atoms with Crippen molar-refractivity contribution >= 4 is 5.91 Å². The van der Waals surface area contributed by atoms with Crippen molar-refractivity contribution in [3.8, 4) is 5.75 Å². The third-order valence-electron chi connectivity index (χ3n) is 4.45. The van der Waals surface area contributed by atoms with E-state index >= 15 is 0 Å². The Morgan fingerprint density at radius 1 is 1.38 bits per heavy atom.